The van der Waals surface area contributed by atoms with Crippen LogP contribution >= 0.6 is 0 Å². The van der Waals surface area contributed by atoms with Crippen LogP contribution in [0.3, 0.4) is 0 Å². The van der Waals surface area contributed by atoms with E-state index >= 15 is 0 Å². The summed E-state index contributed by atoms with van der Waals surface area (Å²) in [4.78, 5) is 24.0. The Morgan fingerprint density at radius 3 is 2.42 bits per heavy atom. The van der Waals surface area contributed by atoms with Gasteiger partial charge in [0, 0.05) is 51.4 Å². The van der Waals surface area contributed by atoms with Crippen LogP contribution in [-0.2, 0) is 4.79 Å². The maximum atomic E-state index is 13.6. The molecule has 1 N–H and O–H groups in total. The number of amides is 1. The number of hydrogen-bond donors (Lipinski definition) is 1. The molecule has 0 radical (unpaired) electrons. The van der Waals surface area contributed by atoms with Gasteiger partial charge in [-0.1, -0.05) is 18.2 Å². The molecule has 2 aromatic rings. The number of piperazine rings is 1. The molecule has 0 atom stereocenters. The highest BCUT2D eigenvalue weighted by Gasteiger charge is 2.31. The normalized spacial score (nSPS) is 22.3. The van der Waals surface area contributed by atoms with Crippen molar-refractivity contribution in [2.45, 2.75) is 31.9 Å². The SMILES string of the molecule is O=C(C1CCC(F)CC1)N(CCN1CCN(c2ccccc2O)CC1)c1ccccn1. The van der Waals surface area contributed by atoms with Gasteiger partial charge in [0.1, 0.15) is 17.7 Å². The largest absolute Gasteiger partial charge is 0.506 e. The Morgan fingerprint density at radius 2 is 1.74 bits per heavy atom. The van der Waals surface area contributed by atoms with Crippen molar-refractivity contribution in [3.05, 3.63) is 48.7 Å². The van der Waals surface area contributed by atoms with Crippen molar-refractivity contribution in [2.75, 3.05) is 49.1 Å². The number of phenols is 1. The second-order valence-electron chi connectivity index (χ2n) is 8.44. The molecule has 1 aliphatic heterocycles. The number of carbonyl (C=O) groups is 1. The van der Waals surface area contributed by atoms with E-state index in [4.69, 9.17) is 0 Å². The minimum atomic E-state index is -0.771. The van der Waals surface area contributed by atoms with Gasteiger partial charge < -0.3 is 10.0 Å². The van der Waals surface area contributed by atoms with Crippen LogP contribution in [0.4, 0.5) is 15.9 Å². The minimum Gasteiger partial charge on any atom is -0.506 e. The van der Waals surface area contributed by atoms with Crippen molar-refractivity contribution in [1.82, 2.24) is 9.88 Å². The van der Waals surface area contributed by atoms with Gasteiger partial charge in [-0.05, 0) is 49.9 Å². The lowest BCUT2D eigenvalue weighted by molar-refractivity contribution is -0.123. The van der Waals surface area contributed by atoms with Crippen molar-refractivity contribution in [2.24, 2.45) is 5.92 Å². The second-order valence-corrected chi connectivity index (χ2v) is 8.44. The van der Waals surface area contributed by atoms with Crippen LogP contribution in [0, 0.1) is 5.92 Å². The summed E-state index contributed by atoms with van der Waals surface area (Å²) in [6, 6.07) is 13.0. The summed E-state index contributed by atoms with van der Waals surface area (Å²) >= 11 is 0. The van der Waals surface area contributed by atoms with Crippen LogP contribution in [0.1, 0.15) is 25.7 Å². The fraction of sp³-hybridized carbons (Fsp3) is 0.500. The Morgan fingerprint density at radius 1 is 1.03 bits per heavy atom. The molecule has 2 fully saturated rings. The molecule has 1 aliphatic carbocycles. The Hall–Kier alpha value is -2.67. The van der Waals surface area contributed by atoms with Gasteiger partial charge >= 0.3 is 0 Å². The van der Waals surface area contributed by atoms with Gasteiger partial charge in [-0.3, -0.25) is 14.6 Å². The molecule has 166 valence electrons. The topological polar surface area (TPSA) is 59.9 Å². The molecule has 1 saturated carbocycles. The number of aromatic nitrogens is 1. The highest BCUT2D eigenvalue weighted by molar-refractivity contribution is 5.94. The second kappa shape index (κ2) is 10.1. The van der Waals surface area contributed by atoms with Gasteiger partial charge in [0.2, 0.25) is 5.91 Å². The lowest BCUT2D eigenvalue weighted by Crippen LogP contribution is -2.50. The summed E-state index contributed by atoms with van der Waals surface area (Å²) in [5.41, 5.74) is 0.871. The third-order valence-electron chi connectivity index (χ3n) is 6.43. The zero-order valence-corrected chi connectivity index (χ0v) is 17.9. The number of phenolic OH excluding ortho intramolecular Hbond substituents is 1. The fourth-order valence-corrected chi connectivity index (χ4v) is 4.56. The van der Waals surface area contributed by atoms with E-state index in [1.807, 2.05) is 36.4 Å². The molecule has 2 heterocycles. The van der Waals surface area contributed by atoms with Crippen molar-refractivity contribution in [3.63, 3.8) is 0 Å². The number of hydrogen-bond acceptors (Lipinski definition) is 5. The van der Waals surface area contributed by atoms with Gasteiger partial charge in [0.05, 0.1) is 5.69 Å². The monoisotopic (exact) mass is 426 g/mol. The summed E-state index contributed by atoms with van der Waals surface area (Å²) in [6.07, 6.45) is 3.11. The van der Waals surface area contributed by atoms with Crippen LogP contribution in [0.15, 0.2) is 48.7 Å². The first-order chi connectivity index (χ1) is 15.1. The van der Waals surface area contributed by atoms with E-state index in [9.17, 15) is 14.3 Å². The summed E-state index contributed by atoms with van der Waals surface area (Å²) in [6.45, 7) is 4.72. The minimum absolute atomic E-state index is 0.0680. The zero-order chi connectivity index (χ0) is 21.6. The summed E-state index contributed by atoms with van der Waals surface area (Å²) in [5.74, 6) is 0.930. The van der Waals surface area contributed by atoms with E-state index in [0.717, 1.165) is 38.4 Å². The smallest absolute Gasteiger partial charge is 0.231 e. The summed E-state index contributed by atoms with van der Waals surface area (Å²) in [7, 11) is 0. The Labute approximate surface area is 183 Å². The van der Waals surface area contributed by atoms with Gasteiger partial charge in [0.15, 0.2) is 0 Å². The van der Waals surface area contributed by atoms with Gasteiger partial charge in [-0.15, -0.1) is 0 Å². The van der Waals surface area contributed by atoms with E-state index in [2.05, 4.69) is 14.8 Å². The lowest BCUT2D eigenvalue weighted by atomic mass is 9.87. The van der Waals surface area contributed by atoms with Crippen molar-refractivity contribution in [3.8, 4) is 5.75 Å². The Kier molecular flexibility index (Phi) is 7.02. The average Bonchev–Trinajstić information content (AvgIpc) is 2.81. The maximum absolute atomic E-state index is 13.6. The number of para-hydroxylation sites is 2. The summed E-state index contributed by atoms with van der Waals surface area (Å²) in [5, 5.41) is 10.1. The number of anilines is 2. The molecule has 2 aliphatic rings. The van der Waals surface area contributed by atoms with E-state index in [0.29, 0.717) is 43.8 Å². The van der Waals surface area contributed by atoms with Crippen LogP contribution in [0.5, 0.6) is 5.75 Å². The number of carbonyl (C=O) groups excluding carboxylic acids is 1. The molecule has 1 aromatic heterocycles. The number of aromatic hydroxyl groups is 1. The van der Waals surface area contributed by atoms with Crippen LogP contribution in [0.25, 0.3) is 0 Å². The van der Waals surface area contributed by atoms with Gasteiger partial charge in [0.25, 0.3) is 0 Å². The summed E-state index contributed by atoms with van der Waals surface area (Å²) < 4.78 is 13.6. The van der Waals surface area contributed by atoms with Gasteiger partial charge in [-0.25, -0.2) is 9.37 Å². The van der Waals surface area contributed by atoms with Crippen LogP contribution in [-0.4, -0.2) is 66.3 Å². The zero-order valence-electron chi connectivity index (χ0n) is 17.9. The highest BCUT2D eigenvalue weighted by Crippen LogP contribution is 2.29. The third-order valence-corrected chi connectivity index (χ3v) is 6.43. The van der Waals surface area contributed by atoms with E-state index in [1.54, 1.807) is 17.2 Å². The number of benzene rings is 1. The maximum Gasteiger partial charge on any atom is 0.231 e. The molecule has 0 bridgehead atoms. The molecule has 31 heavy (non-hydrogen) atoms. The average molecular weight is 427 g/mol. The van der Waals surface area contributed by atoms with Crippen molar-refractivity contribution >= 4 is 17.4 Å². The molecular formula is C24H31FN4O2. The number of nitrogens with zero attached hydrogens (tertiary/aromatic N) is 4. The quantitative estimate of drug-likeness (QED) is 0.767. The molecule has 1 saturated heterocycles. The molecule has 0 spiro atoms. The molecule has 4 rings (SSSR count). The molecule has 7 heteroatoms. The van der Waals surface area contributed by atoms with Crippen LogP contribution < -0.4 is 9.80 Å². The van der Waals surface area contributed by atoms with E-state index in [1.165, 1.54) is 0 Å². The lowest BCUT2D eigenvalue weighted by Gasteiger charge is -2.37. The first-order valence-electron chi connectivity index (χ1n) is 11.2. The highest BCUT2D eigenvalue weighted by atomic mass is 19.1. The van der Waals surface area contributed by atoms with Crippen molar-refractivity contribution < 1.29 is 14.3 Å². The molecule has 0 unspecified atom stereocenters. The predicted molar refractivity (Wildman–Crippen MR) is 120 cm³/mol. The molecule has 6 nitrogen and oxygen atoms in total. The standard InChI is InChI=1S/C24H31FN4O2/c25-20-10-8-19(9-11-20)24(31)29(23-7-3-4-12-26-23)18-15-27-13-16-28(17-14-27)21-5-1-2-6-22(21)30/h1-7,12,19-20,30H,8-11,13-18H2. The third kappa shape index (κ3) is 5.34. The molecule has 1 amide bonds. The van der Waals surface area contributed by atoms with Crippen LogP contribution in [0.2, 0.25) is 0 Å². The number of rotatable bonds is 6. The number of alkyl halides is 1. The number of pyridine rings is 1. The van der Waals surface area contributed by atoms with E-state index < -0.39 is 6.17 Å². The first-order valence-corrected chi connectivity index (χ1v) is 11.2. The van der Waals surface area contributed by atoms with Gasteiger partial charge in [-0.2, -0.15) is 0 Å². The predicted octanol–water partition coefficient (Wildman–Crippen LogP) is 3.47. The molecule has 1 aromatic carbocycles. The fourth-order valence-electron chi connectivity index (χ4n) is 4.56. The molecular weight excluding hydrogens is 395 g/mol. The number of halogens is 1. The Balaban J connectivity index is 1.36. The van der Waals surface area contributed by atoms with Crippen molar-refractivity contribution in [1.29, 1.82) is 0 Å². The first kappa shape index (κ1) is 21.6. The van der Waals surface area contributed by atoms with E-state index in [-0.39, 0.29) is 11.8 Å². The Bertz CT molecular complexity index is 850.